The van der Waals surface area contributed by atoms with Crippen molar-refractivity contribution >= 4 is 17.2 Å². The number of aromatic nitrogens is 1. The zero-order chi connectivity index (χ0) is 16.4. The molecule has 2 aromatic heterocycles. The van der Waals surface area contributed by atoms with Crippen molar-refractivity contribution in [2.45, 2.75) is 25.2 Å². The second-order valence-corrected chi connectivity index (χ2v) is 7.11. The summed E-state index contributed by atoms with van der Waals surface area (Å²) in [6.45, 7) is 2.47. The predicted octanol–water partition coefficient (Wildman–Crippen LogP) is 2.13. The van der Waals surface area contributed by atoms with Gasteiger partial charge in [0.25, 0.3) is 0 Å². The Morgan fingerprint density at radius 3 is 3.12 bits per heavy atom. The van der Waals surface area contributed by atoms with Crippen LogP contribution in [0.1, 0.15) is 11.1 Å². The SMILES string of the molecule is O=C(Cc1ccsc1)N1C[C@H](OCc2cccnc2)[C@H]2COC[C@H]21. The third-order valence-corrected chi connectivity index (χ3v) is 5.52. The number of hydrogen-bond acceptors (Lipinski definition) is 5. The number of pyridine rings is 1. The van der Waals surface area contributed by atoms with Gasteiger partial charge in [-0.15, -0.1) is 0 Å². The van der Waals surface area contributed by atoms with Gasteiger partial charge in [-0.25, -0.2) is 0 Å². The number of fused-ring (bicyclic) bond motifs is 1. The predicted molar refractivity (Wildman–Crippen MR) is 90.6 cm³/mol. The zero-order valence-corrected chi connectivity index (χ0v) is 14.2. The Balaban J connectivity index is 1.40. The minimum absolute atomic E-state index is 0.0316. The van der Waals surface area contributed by atoms with E-state index in [4.69, 9.17) is 9.47 Å². The highest BCUT2D eigenvalue weighted by molar-refractivity contribution is 7.08. The molecule has 0 aromatic carbocycles. The Morgan fingerprint density at radius 1 is 1.38 bits per heavy atom. The monoisotopic (exact) mass is 344 g/mol. The number of carbonyl (C=O) groups is 1. The number of ether oxygens (including phenoxy) is 2. The summed E-state index contributed by atoms with van der Waals surface area (Å²) in [5, 5.41) is 4.04. The summed E-state index contributed by atoms with van der Waals surface area (Å²) in [6.07, 6.45) is 4.06. The molecule has 2 aliphatic heterocycles. The van der Waals surface area contributed by atoms with Gasteiger partial charge in [0, 0.05) is 24.9 Å². The first-order valence-corrected chi connectivity index (χ1v) is 9.14. The highest BCUT2D eigenvalue weighted by Gasteiger charge is 2.47. The smallest absolute Gasteiger partial charge is 0.227 e. The molecule has 1 amide bonds. The van der Waals surface area contributed by atoms with Gasteiger partial charge < -0.3 is 14.4 Å². The zero-order valence-electron chi connectivity index (χ0n) is 13.3. The maximum absolute atomic E-state index is 12.7. The molecule has 0 aliphatic carbocycles. The van der Waals surface area contributed by atoms with Crippen LogP contribution in [0.3, 0.4) is 0 Å². The highest BCUT2D eigenvalue weighted by atomic mass is 32.1. The molecule has 6 heteroatoms. The number of carbonyl (C=O) groups excluding carboxylic acids is 1. The van der Waals surface area contributed by atoms with Gasteiger partial charge in [0.2, 0.25) is 5.91 Å². The number of nitrogens with zero attached hydrogens (tertiary/aromatic N) is 2. The molecule has 5 nitrogen and oxygen atoms in total. The topological polar surface area (TPSA) is 51.7 Å². The van der Waals surface area contributed by atoms with Crippen molar-refractivity contribution in [3.63, 3.8) is 0 Å². The van der Waals surface area contributed by atoms with E-state index in [1.807, 2.05) is 40.1 Å². The Labute approximate surface area is 145 Å². The average Bonchev–Trinajstić information content (AvgIpc) is 3.32. The summed E-state index contributed by atoms with van der Waals surface area (Å²) in [5.41, 5.74) is 2.14. The number of rotatable bonds is 5. The molecule has 2 fully saturated rings. The lowest BCUT2D eigenvalue weighted by molar-refractivity contribution is -0.132. The van der Waals surface area contributed by atoms with Gasteiger partial charge in [0.15, 0.2) is 0 Å². The third-order valence-electron chi connectivity index (χ3n) is 4.79. The van der Waals surface area contributed by atoms with E-state index in [-0.39, 0.29) is 24.0 Å². The first-order valence-electron chi connectivity index (χ1n) is 8.20. The van der Waals surface area contributed by atoms with Crippen molar-refractivity contribution in [2.75, 3.05) is 19.8 Å². The Hall–Kier alpha value is -1.76. The highest BCUT2D eigenvalue weighted by Crippen LogP contribution is 2.33. The maximum atomic E-state index is 12.7. The molecule has 2 saturated heterocycles. The average molecular weight is 344 g/mol. The van der Waals surface area contributed by atoms with Gasteiger partial charge in [-0.3, -0.25) is 9.78 Å². The molecule has 24 heavy (non-hydrogen) atoms. The van der Waals surface area contributed by atoms with Gasteiger partial charge in [-0.1, -0.05) is 6.07 Å². The van der Waals surface area contributed by atoms with E-state index in [0.717, 1.165) is 11.1 Å². The molecule has 0 N–H and O–H groups in total. The van der Waals surface area contributed by atoms with Crippen molar-refractivity contribution in [3.8, 4) is 0 Å². The van der Waals surface area contributed by atoms with E-state index in [2.05, 4.69) is 4.98 Å². The molecule has 2 aromatic rings. The van der Waals surface area contributed by atoms with E-state index < -0.39 is 0 Å². The fourth-order valence-corrected chi connectivity index (χ4v) is 4.19. The molecule has 4 heterocycles. The molecule has 0 spiro atoms. The molecule has 3 atom stereocenters. The van der Waals surface area contributed by atoms with Crippen LogP contribution in [0.4, 0.5) is 0 Å². The van der Waals surface area contributed by atoms with Gasteiger partial charge in [-0.2, -0.15) is 11.3 Å². The Morgan fingerprint density at radius 2 is 2.33 bits per heavy atom. The van der Waals surface area contributed by atoms with Gasteiger partial charge >= 0.3 is 0 Å². The largest absolute Gasteiger partial charge is 0.379 e. The van der Waals surface area contributed by atoms with Crippen LogP contribution in [0, 0.1) is 5.92 Å². The summed E-state index contributed by atoms with van der Waals surface area (Å²) in [6, 6.07) is 6.07. The number of hydrogen-bond donors (Lipinski definition) is 0. The van der Waals surface area contributed by atoms with E-state index in [1.54, 1.807) is 17.5 Å². The maximum Gasteiger partial charge on any atom is 0.227 e. The minimum Gasteiger partial charge on any atom is -0.379 e. The van der Waals surface area contributed by atoms with E-state index in [9.17, 15) is 4.79 Å². The van der Waals surface area contributed by atoms with Crippen LogP contribution in [-0.4, -0.2) is 47.7 Å². The summed E-state index contributed by atoms with van der Waals surface area (Å²) in [4.78, 5) is 18.8. The molecule has 4 rings (SSSR count). The summed E-state index contributed by atoms with van der Waals surface area (Å²) in [5.74, 6) is 0.439. The van der Waals surface area contributed by atoms with Crippen molar-refractivity contribution in [1.29, 1.82) is 0 Å². The quantitative estimate of drug-likeness (QED) is 0.834. The van der Waals surface area contributed by atoms with Crippen LogP contribution < -0.4 is 0 Å². The Kier molecular flexibility index (Phi) is 4.60. The third kappa shape index (κ3) is 3.22. The number of likely N-dealkylation sites (tertiary alicyclic amines) is 1. The summed E-state index contributed by atoms with van der Waals surface area (Å²) in [7, 11) is 0. The molecular weight excluding hydrogens is 324 g/mol. The van der Waals surface area contributed by atoms with Crippen molar-refractivity contribution in [1.82, 2.24) is 9.88 Å². The molecule has 2 aliphatic rings. The lowest BCUT2D eigenvalue weighted by atomic mass is 10.0. The van der Waals surface area contributed by atoms with Crippen molar-refractivity contribution in [2.24, 2.45) is 5.92 Å². The van der Waals surface area contributed by atoms with Crippen LogP contribution in [0.15, 0.2) is 41.4 Å². The fraction of sp³-hybridized carbons (Fsp3) is 0.444. The van der Waals surface area contributed by atoms with Crippen LogP contribution in [0.5, 0.6) is 0 Å². The first-order chi connectivity index (χ1) is 11.8. The molecule has 0 bridgehead atoms. The second-order valence-electron chi connectivity index (χ2n) is 6.33. The lowest BCUT2D eigenvalue weighted by Gasteiger charge is -2.22. The van der Waals surface area contributed by atoms with Crippen molar-refractivity contribution in [3.05, 3.63) is 52.5 Å². The lowest BCUT2D eigenvalue weighted by Crippen LogP contribution is -2.39. The molecule has 0 unspecified atom stereocenters. The van der Waals surface area contributed by atoms with Crippen molar-refractivity contribution < 1.29 is 14.3 Å². The fourth-order valence-electron chi connectivity index (χ4n) is 3.52. The van der Waals surface area contributed by atoms with Crippen LogP contribution >= 0.6 is 11.3 Å². The minimum atomic E-state index is 0.0316. The normalized spacial score (nSPS) is 25.8. The standard InChI is InChI=1S/C18H20N2O3S/c21-18(6-13-3-5-24-12-13)20-8-17(15-10-22-11-16(15)20)23-9-14-2-1-4-19-7-14/h1-5,7,12,15-17H,6,8-11H2/t15-,16+,17-/m0/s1. The second kappa shape index (κ2) is 7.01. The molecule has 126 valence electrons. The van der Waals surface area contributed by atoms with Crippen LogP contribution in [0.25, 0.3) is 0 Å². The van der Waals surface area contributed by atoms with Gasteiger partial charge in [0.1, 0.15) is 0 Å². The molecular formula is C18H20N2O3S. The van der Waals surface area contributed by atoms with E-state index in [1.165, 1.54) is 0 Å². The van der Waals surface area contributed by atoms with Crippen LogP contribution in [0.2, 0.25) is 0 Å². The number of thiophene rings is 1. The summed E-state index contributed by atoms with van der Waals surface area (Å²) >= 11 is 1.62. The summed E-state index contributed by atoms with van der Waals surface area (Å²) < 4.78 is 11.7. The van der Waals surface area contributed by atoms with E-state index >= 15 is 0 Å². The van der Waals surface area contributed by atoms with E-state index in [0.29, 0.717) is 32.8 Å². The number of amides is 1. The van der Waals surface area contributed by atoms with Crippen LogP contribution in [-0.2, 0) is 27.3 Å². The Bertz CT molecular complexity index is 677. The van der Waals surface area contributed by atoms with Gasteiger partial charge in [0.05, 0.1) is 38.4 Å². The molecule has 0 radical (unpaired) electrons. The van der Waals surface area contributed by atoms with Gasteiger partial charge in [-0.05, 0) is 34.0 Å². The first kappa shape index (κ1) is 15.7. The molecule has 0 saturated carbocycles.